The highest BCUT2D eigenvalue weighted by molar-refractivity contribution is 5.64. The predicted molar refractivity (Wildman–Crippen MR) is 117 cm³/mol. The Morgan fingerprint density at radius 1 is 1.12 bits per heavy atom. The second kappa shape index (κ2) is 7.09. The summed E-state index contributed by atoms with van der Waals surface area (Å²) in [6.45, 7) is 4.47. The average molecular weight is 463 g/mol. The lowest BCUT2D eigenvalue weighted by atomic mass is 9.43. The summed E-state index contributed by atoms with van der Waals surface area (Å²) in [6, 6.07) is 1.29. The number of ether oxygens (including phenoxy) is 1. The van der Waals surface area contributed by atoms with Gasteiger partial charge in [0.25, 0.3) is 0 Å². The molecular weight excluding hydrogens is 433 g/mol. The van der Waals surface area contributed by atoms with E-state index < -0.39 is 12.1 Å². The van der Waals surface area contributed by atoms with Crippen LogP contribution in [-0.4, -0.2) is 69.5 Å². The van der Waals surface area contributed by atoms with E-state index in [2.05, 4.69) is 31.1 Å². The third kappa shape index (κ3) is 3.67. The van der Waals surface area contributed by atoms with E-state index in [9.17, 15) is 13.2 Å². The number of likely N-dealkylation sites (N-methyl/N-ethyl adjacent to an activating group) is 1. The van der Waals surface area contributed by atoms with Gasteiger partial charge in [-0.2, -0.15) is 0 Å². The fourth-order valence-corrected chi connectivity index (χ4v) is 6.05. The molecule has 7 rings (SSSR count). The Balaban J connectivity index is 1.26. The molecule has 2 aromatic heterocycles. The van der Waals surface area contributed by atoms with E-state index in [0.29, 0.717) is 22.7 Å². The van der Waals surface area contributed by atoms with Crippen LogP contribution < -0.4 is 10.5 Å². The molecule has 3 heterocycles. The summed E-state index contributed by atoms with van der Waals surface area (Å²) in [6.07, 6.45) is 5.38. The van der Waals surface area contributed by atoms with Crippen LogP contribution in [0.5, 0.6) is 5.75 Å². The van der Waals surface area contributed by atoms with Crippen molar-refractivity contribution in [1.29, 1.82) is 0 Å². The molecule has 0 amide bonds. The first kappa shape index (κ1) is 21.2. The second-order valence-electron chi connectivity index (χ2n) is 10.5. The molecule has 0 radical (unpaired) electrons. The van der Waals surface area contributed by atoms with Gasteiger partial charge in [-0.1, -0.05) is 0 Å². The van der Waals surface area contributed by atoms with Crippen LogP contribution in [0.2, 0.25) is 0 Å². The van der Waals surface area contributed by atoms with E-state index in [4.69, 9.17) is 10.7 Å². The molecule has 4 aliphatic carbocycles. The molecule has 33 heavy (non-hydrogen) atoms. The van der Waals surface area contributed by atoms with Gasteiger partial charge in [-0.05, 0) is 51.1 Å². The van der Waals surface area contributed by atoms with Crippen LogP contribution in [0.1, 0.15) is 37.9 Å². The zero-order chi connectivity index (χ0) is 23.0. The minimum absolute atomic E-state index is 0.0886. The number of pyridine rings is 1. The van der Waals surface area contributed by atoms with E-state index in [1.165, 1.54) is 25.1 Å². The smallest absolute Gasteiger partial charge is 0.402 e. The van der Waals surface area contributed by atoms with Crippen molar-refractivity contribution in [2.45, 2.75) is 56.0 Å². The molecule has 5 fully saturated rings. The molecule has 10 heteroatoms. The first-order valence-electron chi connectivity index (χ1n) is 11.7. The summed E-state index contributed by atoms with van der Waals surface area (Å²) < 4.78 is 44.7. The van der Waals surface area contributed by atoms with Gasteiger partial charge in [-0.3, -0.25) is 4.90 Å². The summed E-state index contributed by atoms with van der Waals surface area (Å²) in [7, 11) is 2.18. The third-order valence-corrected chi connectivity index (χ3v) is 8.01. The zero-order valence-electron chi connectivity index (χ0n) is 18.7. The van der Waals surface area contributed by atoms with Gasteiger partial charge in [0.05, 0.1) is 11.2 Å². The highest BCUT2D eigenvalue weighted by Crippen LogP contribution is 2.68. The molecule has 178 valence electrons. The van der Waals surface area contributed by atoms with Gasteiger partial charge in [0.1, 0.15) is 5.82 Å². The number of hydrogen-bond acceptors (Lipinski definition) is 6. The summed E-state index contributed by atoms with van der Waals surface area (Å²) in [4.78, 5) is 13.8. The Labute approximate surface area is 190 Å². The van der Waals surface area contributed by atoms with Crippen LogP contribution in [0.25, 0.3) is 11.3 Å². The van der Waals surface area contributed by atoms with Crippen LogP contribution >= 0.6 is 0 Å². The van der Waals surface area contributed by atoms with Crippen molar-refractivity contribution in [2.75, 3.05) is 39.0 Å². The van der Waals surface area contributed by atoms with Crippen molar-refractivity contribution >= 4 is 5.82 Å². The largest absolute Gasteiger partial charge is 0.573 e. The maximum absolute atomic E-state index is 12.8. The average Bonchev–Trinajstić information content (AvgIpc) is 3.41. The standard InChI is InChI=1S/C23H29F3N6O/c1-30-4-6-31(7-5-30)21-12-22(13-21,14-21)32-11-17(29-19(32)8-15-2-3-15)16-9-18(20(27)28-10-16)33-23(24,25)26/h9-11,15H,2-8,12-14H2,1H3,(H2,27,28). The second-order valence-corrected chi connectivity index (χ2v) is 10.5. The number of imidazole rings is 1. The quantitative estimate of drug-likeness (QED) is 0.711. The molecule has 7 nitrogen and oxygen atoms in total. The monoisotopic (exact) mass is 462 g/mol. The fraction of sp³-hybridized carbons (Fsp3) is 0.652. The Morgan fingerprint density at radius 2 is 1.82 bits per heavy atom. The van der Waals surface area contributed by atoms with Crippen LogP contribution in [0.3, 0.4) is 0 Å². The van der Waals surface area contributed by atoms with Gasteiger partial charge in [-0.15, -0.1) is 13.2 Å². The lowest BCUT2D eigenvalue weighted by Gasteiger charge is -2.75. The number of anilines is 1. The number of alkyl halides is 3. The van der Waals surface area contributed by atoms with Crippen molar-refractivity contribution in [3.63, 3.8) is 0 Å². The SMILES string of the molecule is CN1CCN(C23CC(n4cc(-c5cnc(N)c(OC(F)(F)F)c5)nc4CC4CC4)(C2)C3)CC1. The first-order valence-corrected chi connectivity index (χ1v) is 11.7. The number of halogens is 3. The molecule has 2 bridgehead atoms. The molecular formula is C23H29F3N6O. The maximum Gasteiger partial charge on any atom is 0.573 e. The lowest BCUT2D eigenvalue weighted by molar-refractivity contribution is -0.274. The summed E-state index contributed by atoms with van der Waals surface area (Å²) in [5.41, 5.74) is 7.14. The molecule has 1 saturated heterocycles. The van der Waals surface area contributed by atoms with Gasteiger partial charge in [0, 0.05) is 56.1 Å². The van der Waals surface area contributed by atoms with E-state index in [1.807, 2.05) is 6.20 Å². The molecule has 2 N–H and O–H groups in total. The number of aromatic nitrogens is 3. The van der Waals surface area contributed by atoms with Gasteiger partial charge < -0.3 is 19.9 Å². The molecule has 0 atom stereocenters. The van der Waals surface area contributed by atoms with Gasteiger partial charge in [0.2, 0.25) is 0 Å². The molecule has 0 unspecified atom stereocenters. The van der Waals surface area contributed by atoms with Crippen LogP contribution in [-0.2, 0) is 12.0 Å². The zero-order valence-corrected chi connectivity index (χ0v) is 18.7. The number of nitrogen functional groups attached to an aromatic ring is 1. The molecule has 2 aromatic rings. The summed E-state index contributed by atoms with van der Waals surface area (Å²) >= 11 is 0. The van der Waals surface area contributed by atoms with Gasteiger partial charge in [-0.25, -0.2) is 9.97 Å². The van der Waals surface area contributed by atoms with E-state index in [1.54, 1.807) is 0 Å². The Kier molecular flexibility index (Phi) is 4.56. The van der Waals surface area contributed by atoms with E-state index in [0.717, 1.165) is 57.7 Å². The molecule has 5 aliphatic rings. The predicted octanol–water partition coefficient (Wildman–Crippen LogP) is 3.26. The van der Waals surface area contributed by atoms with Crippen LogP contribution in [0, 0.1) is 5.92 Å². The van der Waals surface area contributed by atoms with E-state index in [-0.39, 0.29) is 11.4 Å². The Morgan fingerprint density at radius 3 is 2.45 bits per heavy atom. The molecule has 4 saturated carbocycles. The summed E-state index contributed by atoms with van der Waals surface area (Å²) in [5.74, 6) is 0.918. The van der Waals surface area contributed by atoms with Gasteiger partial charge in [0.15, 0.2) is 11.6 Å². The van der Waals surface area contributed by atoms with E-state index >= 15 is 0 Å². The lowest BCUT2D eigenvalue weighted by Crippen LogP contribution is -2.80. The number of nitrogens with zero attached hydrogens (tertiary/aromatic N) is 5. The third-order valence-electron chi connectivity index (χ3n) is 8.01. The Bertz CT molecular complexity index is 1050. The van der Waals surface area contributed by atoms with Crippen molar-refractivity contribution in [2.24, 2.45) is 5.92 Å². The molecule has 1 aliphatic heterocycles. The normalized spacial score (nSPS) is 30.1. The maximum atomic E-state index is 12.8. The topological polar surface area (TPSA) is 72.4 Å². The van der Waals surface area contributed by atoms with Crippen molar-refractivity contribution in [1.82, 2.24) is 24.3 Å². The molecule has 0 aromatic carbocycles. The number of rotatable bonds is 6. The Hall–Kier alpha value is -2.33. The minimum Gasteiger partial charge on any atom is -0.402 e. The van der Waals surface area contributed by atoms with Crippen LogP contribution in [0.15, 0.2) is 18.5 Å². The molecule has 0 spiro atoms. The summed E-state index contributed by atoms with van der Waals surface area (Å²) in [5, 5.41) is 0. The van der Waals surface area contributed by atoms with Gasteiger partial charge >= 0.3 is 6.36 Å². The van der Waals surface area contributed by atoms with Crippen molar-refractivity contribution < 1.29 is 17.9 Å². The number of piperazine rings is 1. The first-order chi connectivity index (χ1) is 15.6. The highest BCUT2D eigenvalue weighted by Gasteiger charge is 2.71. The number of hydrogen-bond donors (Lipinski definition) is 1. The minimum atomic E-state index is -4.83. The van der Waals surface area contributed by atoms with Crippen LogP contribution in [0.4, 0.5) is 19.0 Å². The highest BCUT2D eigenvalue weighted by atomic mass is 19.4. The fourth-order valence-electron chi connectivity index (χ4n) is 6.05. The number of nitrogens with two attached hydrogens (primary N) is 1. The van der Waals surface area contributed by atoms with Crippen molar-refractivity contribution in [3.05, 3.63) is 24.3 Å². The van der Waals surface area contributed by atoms with Crippen molar-refractivity contribution in [3.8, 4) is 17.0 Å².